The van der Waals surface area contributed by atoms with Gasteiger partial charge < -0.3 is 19.9 Å². The number of aliphatic hydroxyl groups is 1. The average Bonchev–Trinajstić information content (AvgIpc) is 2.59. The number of ether oxygens (including phenoxy) is 2. The van der Waals surface area contributed by atoms with E-state index in [9.17, 15) is 9.90 Å². The van der Waals surface area contributed by atoms with Gasteiger partial charge in [0.2, 0.25) is 0 Å². The van der Waals surface area contributed by atoms with Gasteiger partial charge >= 0.3 is 6.09 Å². The van der Waals surface area contributed by atoms with E-state index in [4.69, 9.17) is 10.00 Å². The summed E-state index contributed by atoms with van der Waals surface area (Å²) in [5, 5.41) is 23.9. The Balaban J connectivity index is 2.34. The molecule has 0 saturated heterocycles. The van der Waals surface area contributed by atoms with E-state index in [0.29, 0.717) is 18.7 Å². The lowest BCUT2D eigenvalue weighted by Gasteiger charge is -2.15. The summed E-state index contributed by atoms with van der Waals surface area (Å²) in [4.78, 5) is 10.9. The lowest BCUT2D eigenvalue weighted by Crippen LogP contribution is -2.36. The molecule has 2 unspecified atom stereocenters. The zero-order valence-electron chi connectivity index (χ0n) is 13.9. The molecule has 0 spiro atoms. The number of alkyl carbamates (subject to hydrolysis) is 1. The second kappa shape index (κ2) is 11.0. The summed E-state index contributed by atoms with van der Waals surface area (Å²) in [7, 11) is 1.30. The second-order valence-corrected chi connectivity index (χ2v) is 5.17. The zero-order chi connectivity index (χ0) is 17.8. The summed E-state index contributed by atoms with van der Waals surface area (Å²) in [6, 6.07) is 9.30. The van der Waals surface area contributed by atoms with Crippen molar-refractivity contribution in [2.45, 2.75) is 25.5 Å². The summed E-state index contributed by atoms with van der Waals surface area (Å²) in [5.41, 5.74) is 0.881. The molecule has 1 aromatic rings. The quantitative estimate of drug-likeness (QED) is 0.635. The summed E-state index contributed by atoms with van der Waals surface area (Å²) >= 11 is 0. The molecule has 3 N–H and O–H groups in total. The van der Waals surface area contributed by atoms with Gasteiger partial charge in [-0.2, -0.15) is 5.26 Å². The maximum absolute atomic E-state index is 10.9. The minimum absolute atomic E-state index is 0.0364. The van der Waals surface area contributed by atoms with E-state index in [1.165, 1.54) is 13.3 Å². The Morgan fingerprint density at radius 3 is 2.75 bits per heavy atom. The van der Waals surface area contributed by atoms with Gasteiger partial charge in [-0.15, -0.1) is 0 Å². The number of hydrogen-bond donors (Lipinski definition) is 3. The molecule has 1 rings (SSSR count). The van der Waals surface area contributed by atoms with Crippen molar-refractivity contribution in [3.63, 3.8) is 0 Å². The van der Waals surface area contributed by atoms with Crippen LogP contribution in [0.4, 0.5) is 4.79 Å². The standard InChI is InChI=1S/C17H23N3O4/c1-13(7-9-18)20-11-15(21)12-24-16-5-3-14(4-6-16)8-10-19-17(22)23-2/h3-6,8,10,13,15,20-21H,7,11-12H2,1-2H3,(H,19,22)/b10-8+. The van der Waals surface area contributed by atoms with Crippen molar-refractivity contribution in [1.82, 2.24) is 10.6 Å². The SMILES string of the molecule is COC(=O)N/C=C/c1ccc(OCC(O)CNC(C)CC#N)cc1. The van der Waals surface area contributed by atoms with Gasteiger partial charge in [0.15, 0.2) is 0 Å². The summed E-state index contributed by atoms with van der Waals surface area (Å²) in [6.07, 6.45) is 2.41. The van der Waals surface area contributed by atoms with Crippen LogP contribution in [0, 0.1) is 11.3 Å². The predicted octanol–water partition coefficient (Wildman–Crippen LogP) is 1.64. The third kappa shape index (κ3) is 8.17. The Kier molecular flexibility index (Phi) is 8.97. The zero-order valence-corrected chi connectivity index (χ0v) is 13.9. The van der Waals surface area contributed by atoms with Crippen LogP contribution < -0.4 is 15.4 Å². The van der Waals surface area contributed by atoms with Gasteiger partial charge in [-0.3, -0.25) is 5.32 Å². The highest BCUT2D eigenvalue weighted by atomic mass is 16.5. The third-order valence-corrected chi connectivity index (χ3v) is 3.08. The Bertz CT molecular complexity index is 566. The Morgan fingerprint density at radius 2 is 2.12 bits per heavy atom. The number of benzene rings is 1. The van der Waals surface area contributed by atoms with Gasteiger partial charge in [-0.1, -0.05) is 12.1 Å². The number of nitriles is 1. The van der Waals surface area contributed by atoms with Crippen molar-refractivity contribution in [3.8, 4) is 11.8 Å². The smallest absolute Gasteiger partial charge is 0.410 e. The molecule has 130 valence electrons. The molecule has 7 nitrogen and oxygen atoms in total. The number of amides is 1. The molecule has 0 aliphatic heterocycles. The van der Waals surface area contributed by atoms with Gasteiger partial charge in [0.1, 0.15) is 18.5 Å². The number of nitrogens with zero attached hydrogens (tertiary/aromatic N) is 1. The van der Waals surface area contributed by atoms with Crippen LogP contribution in [-0.2, 0) is 4.74 Å². The normalized spacial score (nSPS) is 13.1. The van der Waals surface area contributed by atoms with E-state index in [1.807, 2.05) is 19.1 Å². The average molecular weight is 333 g/mol. The highest BCUT2D eigenvalue weighted by Crippen LogP contribution is 2.13. The third-order valence-electron chi connectivity index (χ3n) is 3.08. The molecule has 0 bridgehead atoms. The molecule has 0 heterocycles. The maximum Gasteiger partial charge on any atom is 0.410 e. The van der Waals surface area contributed by atoms with E-state index in [-0.39, 0.29) is 12.6 Å². The van der Waals surface area contributed by atoms with Crippen LogP contribution in [0.2, 0.25) is 0 Å². The highest BCUT2D eigenvalue weighted by Gasteiger charge is 2.07. The Labute approximate surface area is 141 Å². The van der Waals surface area contributed by atoms with Crippen molar-refractivity contribution in [2.24, 2.45) is 0 Å². The van der Waals surface area contributed by atoms with Crippen LogP contribution in [0.1, 0.15) is 18.9 Å². The summed E-state index contributed by atoms with van der Waals surface area (Å²) < 4.78 is 9.95. The number of aliphatic hydroxyl groups excluding tert-OH is 1. The van der Waals surface area contributed by atoms with Crippen LogP contribution in [0.3, 0.4) is 0 Å². The molecular weight excluding hydrogens is 310 g/mol. The molecule has 0 saturated carbocycles. The Hall–Kier alpha value is -2.56. The molecule has 2 atom stereocenters. The van der Waals surface area contributed by atoms with Gasteiger partial charge in [0.05, 0.1) is 19.6 Å². The molecule has 1 aromatic carbocycles. The molecule has 1 amide bonds. The number of nitrogens with one attached hydrogen (secondary N) is 2. The lowest BCUT2D eigenvalue weighted by atomic mass is 10.2. The number of carbonyl (C=O) groups excluding carboxylic acids is 1. The second-order valence-electron chi connectivity index (χ2n) is 5.17. The van der Waals surface area contributed by atoms with Crippen molar-refractivity contribution in [1.29, 1.82) is 5.26 Å². The van der Waals surface area contributed by atoms with E-state index < -0.39 is 12.2 Å². The molecule has 0 aromatic heterocycles. The predicted molar refractivity (Wildman–Crippen MR) is 90.2 cm³/mol. The summed E-state index contributed by atoms with van der Waals surface area (Å²) in [5.74, 6) is 0.636. The van der Waals surface area contributed by atoms with Gasteiger partial charge in [-0.05, 0) is 30.7 Å². The van der Waals surface area contributed by atoms with Gasteiger partial charge in [0, 0.05) is 18.8 Å². The summed E-state index contributed by atoms with van der Waals surface area (Å²) in [6.45, 7) is 2.41. The van der Waals surface area contributed by atoms with E-state index in [1.54, 1.807) is 18.2 Å². The first-order chi connectivity index (χ1) is 11.5. The van der Waals surface area contributed by atoms with Crippen LogP contribution in [0.5, 0.6) is 5.75 Å². The van der Waals surface area contributed by atoms with Crippen molar-refractivity contribution in [3.05, 3.63) is 36.0 Å². The number of carbonyl (C=O) groups is 1. The van der Waals surface area contributed by atoms with E-state index in [0.717, 1.165) is 5.56 Å². The fourth-order valence-corrected chi connectivity index (χ4v) is 1.74. The minimum Gasteiger partial charge on any atom is -0.491 e. The molecule has 0 aliphatic rings. The molecule has 0 radical (unpaired) electrons. The first kappa shape index (κ1) is 19.5. The number of rotatable bonds is 9. The van der Waals surface area contributed by atoms with E-state index in [2.05, 4.69) is 21.4 Å². The van der Waals surface area contributed by atoms with Gasteiger partial charge in [0.25, 0.3) is 0 Å². The molecule has 0 fully saturated rings. The van der Waals surface area contributed by atoms with Crippen LogP contribution in [0.25, 0.3) is 6.08 Å². The first-order valence-electron chi connectivity index (χ1n) is 7.57. The van der Waals surface area contributed by atoms with Crippen molar-refractivity contribution in [2.75, 3.05) is 20.3 Å². The molecule has 0 aliphatic carbocycles. The van der Waals surface area contributed by atoms with Crippen molar-refractivity contribution < 1.29 is 19.4 Å². The van der Waals surface area contributed by atoms with Crippen LogP contribution in [0.15, 0.2) is 30.5 Å². The monoisotopic (exact) mass is 333 g/mol. The fourth-order valence-electron chi connectivity index (χ4n) is 1.74. The fraction of sp³-hybridized carbons (Fsp3) is 0.412. The first-order valence-corrected chi connectivity index (χ1v) is 7.57. The van der Waals surface area contributed by atoms with Crippen LogP contribution >= 0.6 is 0 Å². The molecular formula is C17H23N3O4. The number of methoxy groups -OCH3 is 1. The van der Waals surface area contributed by atoms with Crippen LogP contribution in [-0.4, -0.2) is 43.6 Å². The molecule has 24 heavy (non-hydrogen) atoms. The molecule has 7 heteroatoms. The lowest BCUT2D eigenvalue weighted by molar-refractivity contribution is 0.104. The van der Waals surface area contributed by atoms with Crippen molar-refractivity contribution >= 4 is 12.2 Å². The van der Waals surface area contributed by atoms with E-state index >= 15 is 0 Å². The Morgan fingerprint density at radius 1 is 1.42 bits per heavy atom. The van der Waals surface area contributed by atoms with Gasteiger partial charge in [-0.25, -0.2) is 4.79 Å². The largest absolute Gasteiger partial charge is 0.491 e. The highest BCUT2D eigenvalue weighted by molar-refractivity contribution is 5.69. The minimum atomic E-state index is -0.657. The number of hydrogen-bond acceptors (Lipinski definition) is 6. The maximum atomic E-state index is 10.9. The topological polar surface area (TPSA) is 104 Å².